The zero-order valence-electron chi connectivity index (χ0n) is 27.4. The maximum Gasteiger partial charge on any atom is 0.250 e. The molecule has 3 aliphatic heterocycles. The summed E-state index contributed by atoms with van der Waals surface area (Å²) < 4.78 is 11.8. The Kier molecular flexibility index (Phi) is 9.78. The van der Waals surface area contributed by atoms with Crippen LogP contribution in [0.25, 0.3) is 11.3 Å². The number of nitrogens with one attached hydrogen (secondary N) is 2. The van der Waals surface area contributed by atoms with E-state index in [0.29, 0.717) is 39.5 Å². The van der Waals surface area contributed by atoms with Crippen LogP contribution >= 0.6 is 23.5 Å². The van der Waals surface area contributed by atoms with Gasteiger partial charge in [-0.25, -0.2) is 0 Å². The molecular weight excluding hydrogens is 645 g/mol. The highest BCUT2D eigenvalue weighted by Crippen LogP contribution is 2.52. The van der Waals surface area contributed by atoms with Crippen LogP contribution < -0.4 is 15.8 Å². The van der Waals surface area contributed by atoms with Crippen molar-refractivity contribution in [3.63, 3.8) is 0 Å². The van der Waals surface area contributed by atoms with Crippen molar-refractivity contribution >= 4 is 40.8 Å². The molecule has 0 radical (unpaired) electrons. The molecule has 3 aliphatic rings. The number of aromatic amines is 1. The fraction of sp³-hybridized carbons (Fsp3) is 0.361. The Labute approximate surface area is 289 Å². The average Bonchev–Trinajstić information content (AvgIpc) is 3.09. The highest BCUT2D eigenvalue weighted by atomic mass is 32.2. The molecule has 5 heterocycles. The first kappa shape index (κ1) is 32.7. The summed E-state index contributed by atoms with van der Waals surface area (Å²) in [7, 11) is 3.82. The summed E-state index contributed by atoms with van der Waals surface area (Å²) in [6.07, 6.45) is 1.61. The van der Waals surface area contributed by atoms with E-state index < -0.39 is 0 Å². The quantitative estimate of drug-likeness (QED) is 0.229. The zero-order chi connectivity index (χ0) is 33.2. The Balaban J connectivity index is 1.14. The molecular formula is C36H40N6O4S2. The molecule has 250 valence electrons. The van der Waals surface area contributed by atoms with E-state index in [9.17, 15) is 9.59 Å². The number of rotatable bonds is 8. The number of benzene rings is 2. The van der Waals surface area contributed by atoms with E-state index >= 15 is 0 Å². The number of ether oxygens (including phenoxy) is 2. The third-order valence-electron chi connectivity index (χ3n) is 8.69. The van der Waals surface area contributed by atoms with Gasteiger partial charge in [0.1, 0.15) is 6.10 Å². The third kappa shape index (κ3) is 7.28. The second-order valence-corrected chi connectivity index (χ2v) is 14.7. The van der Waals surface area contributed by atoms with Gasteiger partial charge in [0.2, 0.25) is 11.5 Å². The molecule has 12 heteroatoms. The first-order chi connectivity index (χ1) is 23.3. The Bertz CT molecular complexity index is 1840. The molecule has 2 saturated heterocycles. The molecule has 2 atom stereocenters. The standard InChI is InChI=1S/C36H40N6O4S2/c1-23-7-9-27(37-20-23)35(29-21-42(13-16-46-29)34(44)22-40(2)3)38-24-8-10-30-32(17-24)47-31-6-4-5-26(36(31)48-30)28-18-25(19-33(43)39-28)41-11-14-45-15-12-41/h4-10,17-20,29,35,38H,11-16,21-22H2,1-3H3,(H,39,43)/t29-,35?/m1/s1. The smallest absolute Gasteiger partial charge is 0.250 e. The molecule has 1 unspecified atom stereocenters. The van der Waals surface area contributed by atoms with Crippen molar-refractivity contribution < 1.29 is 14.3 Å². The predicted molar refractivity (Wildman–Crippen MR) is 190 cm³/mol. The lowest BCUT2D eigenvalue weighted by molar-refractivity contribution is -0.140. The summed E-state index contributed by atoms with van der Waals surface area (Å²) in [5.74, 6) is 0.0982. The summed E-state index contributed by atoms with van der Waals surface area (Å²) in [6, 6.07) is 20.3. The van der Waals surface area contributed by atoms with E-state index in [-0.39, 0.29) is 23.6 Å². The van der Waals surface area contributed by atoms with E-state index in [4.69, 9.17) is 14.5 Å². The summed E-state index contributed by atoms with van der Waals surface area (Å²) in [6.45, 7) is 6.79. The lowest BCUT2D eigenvalue weighted by Gasteiger charge is -2.38. The number of nitrogens with zero attached hydrogens (tertiary/aromatic N) is 4. The van der Waals surface area contributed by atoms with Crippen molar-refractivity contribution in [1.82, 2.24) is 19.8 Å². The SMILES string of the molecule is Cc1ccc(C(Nc2ccc3c(c2)Sc2cccc(-c4cc(N5CCOCC5)cc(=O)[nH]4)c2S3)[C@H]2CN(C(=O)CN(C)C)CCO2)nc1. The van der Waals surface area contributed by atoms with Crippen LogP contribution in [0.3, 0.4) is 0 Å². The van der Waals surface area contributed by atoms with Gasteiger partial charge in [-0.1, -0.05) is 41.7 Å². The van der Waals surface area contributed by atoms with Gasteiger partial charge in [0.25, 0.3) is 0 Å². The molecule has 2 aromatic heterocycles. The van der Waals surface area contributed by atoms with Gasteiger partial charge in [-0.3, -0.25) is 14.6 Å². The van der Waals surface area contributed by atoms with Crippen LogP contribution in [-0.2, 0) is 14.3 Å². The first-order valence-electron chi connectivity index (χ1n) is 16.2. The molecule has 48 heavy (non-hydrogen) atoms. The summed E-state index contributed by atoms with van der Waals surface area (Å²) in [4.78, 5) is 44.2. The number of hydrogen-bond acceptors (Lipinski definition) is 10. The molecule has 0 spiro atoms. The number of hydrogen-bond donors (Lipinski definition) is 2. The minimum absolute atomic E-state index is 0.0982. The van der Waals surface area contributed by atoms with E-state index in [1.165, 1.54) is 0 Å². The average molecular weight is 685 g/mol. The number of aromatic nitrogens is 2. The van der Waals surface area contributed by atoms with E-state index in [0.717, 1.165) is 66.6 Å². The van der Waals surface area contributed by atoms with Gasteiger partial charge in [-0.15, -0.1) is 0 Å². The number of aryl methyl sites for hydroxylation is 1. The van der Waals surface area contributed by atoms with Crippen molar-refractivity contribution in [3.8, 4) is 11.3 Å². The number of anilines is 2. The summed E-state index contributed by atoms with van der Waals surface area (Å²) in [5, 5.41) is 3.73. The largest absolute Gasteiger partial charge is 0.378 e. The highest BCUT2D eigenvalue weighted by Gasteiger charge is 2.33. The molecule has 0 bridgehead atoms. The molecule has 2 N–H and O–H groups in total. The van der Waals surface area contributed by atoms with Crippen LogP contribution in [0.4, 0.5) is 11.4 Å². The number of carbonyl (C=O) groups is 1. The number of pyridine rings is 2. The van der Waals surface area contributed by atoms with Gasteiger partial charge in [-0.05, 0) is 63.0 Å². The maximum absolute atomic E-state index is 13.0. The molecule has 7 rings (SSSR count). The normalized spacial score (nSPS) is 18.3. The number of amides is 1. The highest BCUT2D eigenvalue weighted by molar-refractivity contribution is 8.05. The number of fused-ring (bicyclic) bond motifs is 2. The van der Waals surface area contributed by atoms with Crippen molar-refractivity contribution in [2.45, 2.75) is 38.7 Å². The number of morpholine rings is 2. The van der Waals surface area contributed by atoms with Crippen molar-refractivity contribution in [1.29, 1.82) is 0 Å². The second kappa shape index (κ2) is 14.4. The molecule has 2 aromatic carbocycles. The van der Waals surface area contributed by atoms with E-state index in [1.54, 1.807) is 29.6 Å². The Morgan fingerprint density at radius 3 is 2.67 bits per heavy atom. The van der Waals surface area contributed by atoms with Crippen LogP contribution in [0.15, 0.2) is 91.2 Å². The van der Waals surface area contributed by atoms with Gasteiger partial charge < -0.3 is 34.5 Å². The van der Waals surface area contributed by atoms with Crippen LogP contribution in [0.5, 0.6) is 0 Å². The number of likely N-dealkylation sites (N-methyl/N-ethyl adjacent to an activating group) is 1. The van der Waals surface area contributed by atoms with Crippen LogP contribution in [0.1, 0.15) is 17.3 Å². The number of H-pyrrole nitrogens is 1. The Morgan fingerprint density at radius 1 is 1.02 bits per heavy atom. The molecule has 0 saturated carbocycles. The van der Waals surface area contributed by atoms with Crippen molar-refractivity contribution in [3.05, 3.63) is 88.5 Å². The molecule has 4 aromatic rings. The summed E-state index contributed by atoms with van der Waals surface area (Å²) >= 11 is 3.45. The minimum atomic E-state index is -0.267. The monoisotopic (exact) mass is 684 g/mol. The third-order valence-corrected chi connectivity index (χ3v) is 11.3. The zero-order valence-corrected chi connectivity index (χ0v) is 29.0. The second-order valence-electron chi connectivity index (χ2n) is 12.6. The van der Waals surface area contributed by atoms with E-state index in [2.05, 4.69) is 63.7 Å². The predicted octanol–water partition coefficient (Wildman–Crippen LogP) is 5.14. The lowest BCUT2D eigenvalue weighted by atomic mass is 10.0. The van der Waals surface area contributed by atoms with Gasteiger partial charge in [0, 0.05) is 75.0 Å². The Hall–Kier alpha value is -3.81. The maximum atomic E-state index is 13.0. The van der Waals surface area contributed by atoms with Gasteiger partial charge in [0.05, 0.1) is 43.8 Å². The summed E-state index contributed by atoms with van der Waals surface area (Å²) in [5.41, 5.74) is 5.55. The topological polar surface area (TPSA) is 103 Å². The first-order valence-corrected chi connectivity index (χ1v) is 17.9. The Morgan fingerprint density at radius 2 is 1.88 bits per heavy atom. The molecule has 0 aliphatic carbocycles. The van der Waals surface area contributed by atoms with Crippen LogP contribution in [0, 0.1) is 6.92 Å². The molecule has 10 nitrogen and oxygen atoms in total. The lowest BCUT2D eigenvalue weighted by Crippen LogP contribution is -2.51. The fourth-order valence-corrected chi connectivity index (χ4v) is 8.67. The minimum Gasteiger partial charge on any atom is -0.378 e. The van der Waals surface area contributed by atoms with Gasteiger partial charge in [0.15, 0.2) is 0 Å². The molecule has 1 amide bonds. The van der Waals surface area contributed by atoms with Gasteiger partial charge >= 0.3 is 0 Å². The van der Waals surface area contributed by atoms with Crippen molar-refractivity contribution in [2.75, 3.05) is 76.9 Å². The van der Waals surface area contributed by atoms with Crippen LogP contribution in [-0.4, -0.2) is 98.4 Å². The van der Waals surface area contributed by atoms with Crippen LogP contribution in [0.2, 0.25) is 0 Å². The number of carbonyl (C=O) groups excluding carboxylic acids is 1. The van der Waals surface area contributed by atoms with E-state index in [1.807, 2.05) is 43.1 Å². The van der Waals surface area contributed by atoms with Crippen molar-refractivity contribution in [2.24, 2.45) is 0 Å². The van der Waals surface area contributed by atoms with Gasteiger partial charge in [-0.2, -0.15) is 0 Å². The molecule has 2 fully saturated rings. The fourth-order valence-electron chi connectivity index (χ4n) is 6.26.